The fourth-order valence-corrected chi connectivity index (χ4v) is 1.06. The van der Waals surface area contributed by atoms with Gasteiger partial charge in [-0.05, 0) is 24.3 Å². The Morgan fingerprint density at radius 1 is 1.24 bits per heavy atom. The first-order chi connectivity index (χ1) is 7.80. The lowest BCUT2D eigenvalue weighted by Crippen LogP contribution is -2.16. The monoisotopic (exact) mass is 246 g/mol. The minimum absolute atomic E-state index is 0.0927. The van der Waals surface area contributed by atoms with Crippen molar-refractivity contribution in [1.29, 1.82) is 0 Å². The van der Waals surface area contributed by atoms with Gasteiger partial charge in [-0.3, -0.25) is 4.79 Å². The molecule has 0 aromatic heterocycles. The summed E-state index contributed by atoms with van der Waals surface area (Å²) in [5, 5.41) is 0. The molecule has 94 valence electrons. The van der Waals surface area contributed by atoms with Crippen molar-refractivity contribution in [1.82, 2.24) is 0 Å². The van der Waals surface area contributed by atoms with Crippen LogP contribution in [0.5, 0.6) is 5.75 Å². The maximum absolute atomic E-state index is 12.2. The van der Waals surface area contributed by atoms with E-state index in [0.717, 1.165) is 12.1 Å². The van der Waals surface area contributed by atoms with Gasteiger partial charge in [0.15, 0.2) is 5.78 Å². The molecular formula is C12H13F3O2. The van der Waals surface area contributed by atoms with E-state index in [1.165, 1.54) is 12.1 Å². The Morgan fingerprint density at radius 3 is 2.18 bits per heavy atom. The first kappa shape index (κ1) is 13.5. The van der Waals surface area contributed by atoms with Crippen LogP contribution in [0, 0.1) is 5.92 Å². The number of hydrogen-bond acceptors (Lipinski definition) is 2. The van der Waals surface area contributed by atoms with Crippen LogP contribution in [0.15, 0.2) is 24.3 Å². The molecule has 0 unspecified atom stereocenters. The fraction of sp³-hybridized carbons (Fsp3) is 0.417. The smallest absolute Gasteiger partial charge is 0.416 e. The lowest BCUT2D eigenvalue weighted by Gasteiger charge is -2.09. The standard InChI is InChI=1S/C12H13F3O2/c1-8(2)11(16)7-17-10-5-3-9(4-6-10)12(13,14)15/h3-6,8H,7H2,1-2H3. The molecule has 0 saturated heterocycles. The highest BCUT2D eigenvalue weighted by Crippen LogP contribution is 2.30. The van der Waals surface area contributed by atoms with E-state index in [2.05, 4.69) is 0 Å². The molecule has 2 nitrogen and oxygen atoms in total. The third kappa shape index (κ3) is 4.09. The van der Waals surface area contributed by atoms with Crippen LogP contribution in [0.4, 0.5) is 13.2 Å². The topological polar surface area (TPSA) is 26.3 Å². The Morgan fingerprint density at radius 2 is 1.76 bits per heavy atom. The van der Waals surface area contributed by atoms with E-state index in [1.54, 1.807) is 13.8 Å². The molecule has 0 amide bonds. The van der Waals surface area contributed by atoms with Gasteiger partial charge in [0, 0.05) is 5.92 Å². The van der Waals surface area contributed by atoms with E-state index in [0.29, 0.717) is 0 Å². The van der Waals surface area contributed by atoms with Crippen LogP contribution >= 0.6 is 0 Å². The predicted octanol–water partition coefficient (Wildman–Crippen LogP) is 3.31. The van der Waals surface area contributed by atoms with Crippen LogP contribution in [-0.2, 0) is 11.0 Å². The third-order valence-electron chi connectivity index (χ3n) is 2.21. The normalized spacial score (nSPS) is 11.6. The average Bonchev–Trinajstić information content (AvgIpc) is 2.25. The third-order valence-corrected chi connectivity index (χ3v) is 2.21. The average molecular weight is 246 g/mol. The summed E-state index contributed by atoms with van der Waals surface area (Å²) in [4.78, 5) is 11.2. The number of benzene rings is 1. The molecule has 1 aromatic carbocycles. The summed E-state index contributed by atoms with van der Waals surface area (Å²) in [6, 6.07) is 4.26. The summed E-state index contributed by atoms with van der Waals surface area (Å²) in [5.74, 6) is 0.0151. The quantitative estimate of drug-likeness (QED) is 0.814. The lowest BCUT2D eigenvalue weighted by molar-refractivity contribution is -0.137. The molecule has 0 bridgehead atoms. The van der Waals surface area contributed by atoms with Gasteiger partial charge in [-0.1, -0.05) is 13.8 Å². The summed E-state index contributed by atoms with van der Waals surface area (Å²) in [7, 11) is 0. The van der Waals surface area contributed by atoms with Crippen molar-refractivity contribution in [2.24, 2.45) is 5.92 Å². The van der Waals surface area contributed by atoms with Crippen molar-refractivity contribution in [3.05, 3.63) is 29.8 Å². The lowest BCUT2D eigenvalue weighted by atomic mass is 10.1. The van der Waals surface area contributed by atoms with Crippen LogP contribution in [0.25, 0.3) is 0 Å². The van der Waals surface area contributed by atoms with E-state index in [4.69, 9.17) is 4.74 Å². The molecule has 0 spiro atoms. The Balaban J connectivity index is 2.61. The molecule has 0 N–H and O–H groups in total. The van der Waals surface area contributed by atoms with Crippen molar-refractivity contribution in [3.63, 3.8) is 0 Å². The summed E-state index contributed by atoms with van der Waals surface area (Å²) in [6.07, 6.45) is -4.35. The molecule has 0 heterocycles. The van der Waals surface area contributed by atoms with Crippen molar-refractivity contribution in [2.45, 2.75) is 20.0 Å². The number of hydrogen-bond donors (Lipinski definition) is 0. The summed E-state index contributed by atoms with van der Waals surface area (Å²) < 4.78 is 41.8. The molecule has 0 aliphatic heterocycles. The second kappa shape index (κ2) is 5.21. The van der Waals surface area contributed by atoms with Crippen molar-refractivity contribution in [3.8, 4) is 5.75 Å². The first-order valence-electron chi connectivity index (χ1n) is 5.13. The maximum atomic E-state index is 12.2. The largest absolute Gasteiger partial charge is 0.486 e. The van der Waals surface area contributed by atoms with Crippen LogP contribution in [0.3, 0.4) is 0 Å². The number of rotatable bonds is 4. The molecule has 0 aliphatic rings. The zero-order chi connectivity index (χ0) is 13.1. The maximum Gasteiger partial charge on any atom is 0.416 e. The van der Waals surface area contributed by atoms with E-state index in [9.17, 15) is 18.0 Å². The van der Waals surface area contributed by atoms with Crippen LogP contribution in [0.1, 0.15) is 19.4 Å². The van der Waals surface area contributed by atoms with Gasteiger partial charge in [0.2, 0.25) is 0 Å². The summed E-state index contributed by atoms with van der Waals surface area (Å²) in [6.45, 7) is 3.35. The van der Waals surface area contributed by atoms with Gasteiger partial charge >= 0.3 is 6.18 Å². The van der Waals surface area contributed by atoms with Gasteiger partial charge in [0.25, 0.3) is 0 Å². The number of carbonyl (C=O) groups excluding carboxylic acids is 1. The van der Waals surface area contributed by atoms with Crippen LogP contribution in [0.2, 0.25) is 0 Å². The van der Waals surface area contributed by atoms with Crippen molar-refractivity contribution >= 4 is 5.78 Å². The predicted molar refractivity (Wildman–Crippen MR) is 56.8 cm³/mol. The molecule has 0 atom stereocenters. The molecule has 17 heavy (non-hydrogen) atoms. The number of ketones is 1. The second-order valence-corrected chi connectivity index (χ2v) is 3.93. The highest BCUT2D eigenvalue weighted by atomic mass is 19.4. The molecule has 0 aliphatic carbocycles. The van der Waals surface area contributed by atoms with Gasteiger partial charge < -0.3 is 4.74 Å². The SMILES string of the molecule is CC(C)C(=O)COc1ccc(C(F)(F)F)cc1. The molecule has 1 aromatic rings. The Hall–Kier alpha value is -1.52. The van der Waals surface area contributed by atoms with Gasteiger partial charge in [-0.2, -0.15) is 13.2 Å². The highest BCUT2D eigenvalue weighted by Gasteiger charge is 2.30. The number of Topliss-reactive ketones (excluding diaryl/α,β-unsaturated/α-hetero) is 1. The number of ether oxygens (including phenoxy) is 1. The van der Waals surface area contributed by atoms with Gasteiger partial charge in [0.1, 0.15) is 12.4 Å². The van der Waals surface area contributed by atoms with Crippen LogP contribution in [-0.4, -0.2) is 12.4 Å². The van der Waals surface area contributed by atoms with E-state index < -0.39 is 11.7 Å². The zero-order valence-electron chi connectivity index (χ0n) is 9.54. The number of carbonyl (C=O) groups is 1. The summed E-state index contributed by atoms with van der Waals surface area (Å²) >= 11 is 0. The molecule has 5 heteroatoms. The van der Waals surface area contributed by atoms with Crippen molar-refractivity contribution in [2.75, 3.05) is 6.61 Å². The molecule has 0 saturated carbocycles. The molecule has 1 rings (SSSR count). The molecule has 0 fully saturated rings. The number of halogens is 3. The van der Waals surface area contributed by atoms with E-state index >= 15 is 0 Å². The van der Waals surface area contributed by atoms with Crippen molar-refractivity contribution < 1.29 is 22.7 Å². The van der Waals surface area contributed by atoms with Gasteiger partial charge in [-0.25, -0.2) is 0 Å². The highest BCUT2D eigenvalue weighted by molar-refractivity contribution is 5.81. The zero-order valence-corrected chi connectivity index (χ0v) is 9.54. The minimum atomic E-state index is -4.35. The Kier molecular flexibility index (Phi) is 4.15. The first-order valence-corrected chi connectivity index (χ1v) is 5.13. The van der Waals surface area contributed by atoms with Gasteiger partial charge in [0.05, 0.1) is 5.56 Å². The minimum Gasteiger partial charge on any atom is -0.486 e. The van der Waals surface area contributed by atoms with Gasteiger partial charge in [-0.15, -0.1) is 0 Å². The van der Waals surface area contributed by atoms with E-state index in [-0.39, 0.29) is 24.1 Å². The number of alkyl halides is 3. The summed E-state index contributed by atoms with van der Waals surface area (Å²) in [5.41, 5.74) is -0.736. The Bertz CT molecular complexity index is 380. The molecular weight excluding hydrogens is 233 g/mol. The van der Waals surface area contributed by atoms with E-state index in [1.807, 2.05) is 0 Å². The van der Waals surface area contributed by atoms with Crippen LogP contribution < -0.4 is 4.74 Å². The second-order valence-electron chi connectivity index (χ2n) is 3.93. The fourth-order valence-electron chi connectivity index (χ4n) is 1.06. The molecule has 0 radical (unpaired) electrons. The Labute approximate surface area is 97.4 Å².